The van der Waals surface area contributed by atoms with Crippen molar-refractivity contribution in [1.82, 2.24) is 14.8 Å². The lowest BCUT2D eigenvalue weighted by atomic mass is 9.95. The highest BCUT2D eigenvalue weighted by Crippen LogP contribution is 2.36. The first-order valence-electron chi connectivity index (χ1n) is 22.5. The molecule has 0 bridgehead atoms. The summed E-state index contributed by atoms with van der Waals surface area (Å²) < 4.78 is 38.1. The van der Waals surface area contributed by atoms with Gasteiger partial charge in [-0.3, -0.25) is 24.2 Å². The van der Waals surface area contributed by atoms with Crippen LogP contribution in [-0.4, -0.2) is 98.0 Å². The summed E-state index contributed by atoms with van der Waals surface area (Å²) in [6.07, 6.45) is 7.84. The van der Waals surface area contributed by atoms with E-state index in [1.54, 1.807) is 30.3 Å². The number of carbonyl (C=O) groups is 3. The van der Waals surface area contributed by atoms with Crippen molar-refractivity contribution in [2.45, 2.75) is 44.4 Å². The fourth-order valence-electron chi connectivity index (χ4n) is 9.43. The molecule has 6 N–H and O–H groups in total. The Labute approximate surface area is 399 Å². The van der Waals surface area contributed by atoms with Crippen molar-refractivity contribution in [3.05, 3.63) is 125 Å². The molecule has 17 heteroatoms. The number of fused-ring (bicyclic) bond motifs is 4. The zero-order valence-electron chi connectivity index (χ0n) is 37.1. The first kappa shape index (κ1) is 48.8. The van der Waals surface area contributed by atoms with Crippen LogP contribution in [0.1, 0.15) is 70.3 Å². The predicted octanol–water partition coefficient (Wildman–Crippen LogP) is 8.84. The Morgan fingerprint density at radius 3 is 1.75 bits per heavy atom. The van der Waals surface area contributed by atoms with Crippen molar-refractivity contribution in [2.24, 2.45) is 11.5 Å². The molecule has 6 heterocycles. The second-order valence-corrected chi connectivity index (χ2v) is 17.3. The molecule has 1 unspecified atom stereocenters. The molecular formula is C50H56Cl2F2N8O5. The third-order valence-electron chi connectivity index (χ3n) is 13.0. The van der Waals surface area contributed by atoms with Gasteiger partial charge in [0.05, 0.1) is 5.92 Å². The standard InChI is InChI=1S/C25H27FN4O3.C25H27FN4O2.2ClH/c26-17-4-6-21-20(15-17)19(25(32)28-21)3-1-2-8-29-9-11-30(12-10-29)18-5-7-22-16(13-18)14-23(33-22)24(27)31;26-19-4-6-22-21(15-19)17(16-28-22)3-1-2-8-29-9-11-30(12-10-29)20-5-7-23-18(13-20)14-24(32-23)25(27)31;;/h4-7,13-15,19H,1-3,8-12H2,(H2,27,31)(H,28,32);4-7,13-16,28H,1-3,8-12H2,(H2,27,31);2*1H. The maximum atomic E-state index is 13.6. The number of aryl methyl sites for hydroxylation is 1. The molecule has 0 aliphatic carbocycles. The number of aromatic nitrogens is 1. The highest BCUT2D eigenvalue weighted by molar-refractivity contribution is 6.03. The Morgan fingerprint density at radius 1 is 0.642 bits per heavy atom. The van der Waals surface area contributed by atoms with Crippen LogP contribution >= 0.6 is 24.8 Å². The lowest BCUT2D eigenvalue weighted by Gasteiger charge is -2.36. The van der Waals surface area contributed by atoms with Crippen molar-refractivity contribution in [1.29, 1.82) is 0 Å². The molecular weight excluding hydrogens is 902 g/mol. The van der Waals surface area contributed by atoms with Crippen molar-refractivity contribution in [3.8, 4) is 0 Å². The topological polar surface area (TPSA) is 170 Å². The molecule has 0 spiro atoms. The molecule has 3 aliphatic heterocycles. The maximum absolute atomic E-state index is 13.6. The van der Waals surface area contributed by atoms with Gasteiger partial charge >= 0.3 is 0 Å². The number of hydrogen-bond donors (Lipinski definition) is 4. The number of benzene rings is 4. The number of amides is 3. The van der Waals surface area contributed by atoms with Gasteiger partial charge in [-0.1, -0.05) is 6.42 Å². The molecule has 1 atom stereocenters. The zero-order valence-corrected chi connectivity index (χ0v) is 38.7. The molecule has 2 fully saturated rings. The number of anilines is 3. The number of rotatable bonds is 14. The molecule has 2 saturated heterocycles. The van der Waals surface area contributed by atoms with Crippen LogP contribution < -0.4 is 26.6 Å². The Hall–Kier alpha value is -6.13. The number of piperazine rings is 2. The van der Waals surface area contributed by atoms with Gasteiger partial charge in [0.1, 0.15) is 22.8 Å². The van der Waals surface area contributed by atoms with Gasteiger partial charge in [0.25, 0.3) is 11.8 Å². The van der Waals surface area contributed by atoms with Crippen LogP contribution in [0.4, 0.5) is 25.8 Å². The van der Waals surface area contributed by atoms with E-state index in [9.17, 15) is 23.2 Å². The number of H-pyrrole nitrogens is 1. The van der Waals surface area contributed by atoms with Crippen LogP contribution in [0.15, 0.2) is 100.0 Å². The number of carbonyl (C=O) groups excluding carboxylic acids is 3. The summed E-state index contributed by atoms with van der Waals surface area (Å²) >= 11 is 0. The highest BCUT2D eigenvalue weighted by Gasteiger charge is 2.30. The van der Waals surface area contributed by atoms with Gasteiger partial charge in [0.2, 0.25) is 5.91 Å². The number of aromatic amines is 1. The predicted molar refractivity (Wildman–Crippen MR) is 264 cm³/mol. The minimum absolute atomic E-state index is 0. The minimum atomic E-state index is -0.564. The number of halogens is 4. The molecule has 13 nitrogen and oxygen atoms in total. The van der Waals surface area contributed by atoms with E-state index in [0.717, 1.165) is 148 Å². The van der Waals surface area contributed by atoms with Gasteiger partial charge in [-0.2, -0.15) is 0 Å². The van der Waals surface area contributed by atoms with E-state index in [-0.39, 0.29) is 59.8 Å². The molecule has 10 rings (SSSR count). The number of unbranched alkanes of at least 4 members (excludes halogenated alkanes) is 2. The molecule has 354 valence electrons. The summed E-state index contributed by atoms with van der Waals surface area (Å²) in [4.78, 5) is 47.8. The molecule has 0 radical (unpaired) electrons. The van der Waals surface area contributed by atoms with Crippen molar-refractivity contribution >= 4 is 92.4 Å². The van der Waals surface area contributed by atoms with E-state index in [1.165, 1.54) is 23.8 Å². The summed E-state index contributed by atoms with van der Waals surface area (Å²) in [7, 11) is 0. The average molecular weight is 958 g/mol. The Bertz CT molecular complexity index is 2850. The second kappa shape index (κ2) is 21.7. The number of hydrogen-bond acceptors (Lipinski definition) is 9. The third-order valence-corrected chi connectivity index (χ3v) is 13.0. The molecule has 4 aromatic carbocycles. The normalized spacial score (nSPS) is 16.3. The number of nitrogens with one attached hydrogen (secondary N) is 2. The Balaban J connectivity index is 0.000000193. The monoisotopic (exact) mass is 956 g/mol. The lowest BCUT2D eigenvalue weighted by Crippen LogP contribution is -2.46. The lowest BCUT2D eigenvalue weighted by molar-refractivity contribution is -0.117. The van der Waals surface area contributed by atoms with Crippen LogP contribution in [0.2, 0.25) is 0 Å². The SMILES string of the molecule is Cl.Cl.NC(=O)c1cc2cc(N3CCN(CCCCC4C(=O)Nc5ccc(F)cc54)CC3)ccc2o1.NC(=O)c1cc2cc(N3CCN(CCCCc4c[nH]c5ccc(F)cc45)CC3)ccc2o1. The molecule has 3 aromatic heterocycles. The van der Waals surface area contributed by atoms with Crippen molar-refractivity contribution < 1.29 is 32.0 Å². The number of furan rings is 2. The van der Waals surface area contributed by atoms with Gasteiger partial charge in [0.15, 0.2) is 11.5 Å². The van der Waals surface area contributed by atoms with Crippen LogP contribution in [0.5, 0.6) is 0 Å². The van der Waals surface area contributed by atoms with Gasteiger partial charge in [0, 0.05) is 97.3 Å². The fourth-order valence-corrected chi connectivity index (χ4v) is 9.43. The fraction of sp³-hybridized carbons (Fsp3) is 0.340. The van der Waals surface area contributed by atoms with Crippen LogP contribution in [0, 0.1) is 11.6 Å². The Kier molecular flexibility index (Phi) is 15.8. The molecule has 67 heavy (non-hydrogen) atoms. The van der Waals surface area contributed by atoms with Crippen LogP contribution in [0.3, 0.4) is 0 Å². The number of nitrogens with zero attached hydrogens (tertiary/aromatic N) is 4. The molecule has 0 saturated carbocycles. The first-order valence-corrected chi connectivity index (χ1v) is 22.5. The minimum Gasteiger partial charge on any atom is -0.451 e. The quantitative estimate of drug-likeness (QED) is 0.0778. The third kappa shape index (κ3) is 11.4. The molecule has 3 amide bonds. The van der Waals surface area contributed by atoms with Gasteiger partial charge in [-0.15, -0.1) is 24.8 Å². The van der Waals surface area contributed by atoms with Gasteiger partial charge in [-0.25, -0.2) is 8.78 Å². The maximum Gasteiger partial charge on any atom is 0.284 e. The largest absolute Gasteiger partial charge is 0.451 e. The number of nitrogens with two attached hydrogens (primary N) is 2. The summed E-state index contributed by atoms with van der Waals surface area (Å²) in [6.45, 7) is 9.81. The van der Waals surface area contributed by atoms with E-state index >= 15 is 0 Å². The zero-order chi connectivity index (χ0) is 45.0. The van der Waals surface area contributed by atoms with Gasteiger partial charge < -0.3 is 40.4 Å². The number of primary amides is 2. The van der Waals surface area contributed by atoms with Crippen molar-refractivity contribution in [2.75, 3.05) is 80.6 Å². The van der Waals surface area contributed by atoms with E-state index in [4.69, 9.17) is 20.3 Å². The van der Waals surface area contributed by atoms with E-state index < -0.39 is 11.8 Å². The summed E-state index contributed by atoms with van der Waals surface area (Å²) in [5.74, 6) is -1.50. The van der Waals surface area contributed by atoms with Crippen LogP contribution in [0.25, 0.3) is 32.8 Å². The smallest absolute Gasteiger partial charge is 0.284 e. The second-order valence-electron chi connectivity index (χ2n) is 17.3. The van der Waals surface area contributed by atoms with Gasteiger partial charge in [-0.05, 0) is 141 Å². The first-order chi connectivity index (χ1) is 31.5. The molecule has 7 aromatic rings. The summed E-state index contributed by atoms with van der Waals surface area (Å²) in [5.41, 5.74) is 17.9. The Morgan fingerprint density at radius 2 is 1.18 bits per heavy atom. The van der Waals surface area contributed by atoms with E-state index in [1.807, 2.05) is 36.5 Å². The van der Waals surface area contributed by atoms with Crippen molar-refractivity contribution in [3.63, 3.8) is 0 Å². The van der Waals surface area contributed by atoms with E-state index in [0.29, 0.717) is 11.2 Å². The van der Waals surface area contributed by atoms with E-state index in [2.05, 4.69) is 36.0 Å². The summed E-state index contributed by atoms with van der Waals surface area (Å²) in [6, 6.07) is 24.7. The van der Waals surface area contributed by atoms with Crippen LogP contribution in [-0.2, 0) is 11.2 Å². The summed E-state index contributed by atoms with van der Waals surface area (Å²) in [5, 5.41) is 5.62. The molecule has 3 aliphatic rings. The average Bonchev–Trinajstić information content (AvgIpc) is 4.11. The highest BCUT2D eigenvalue weighted by atomic mass is 35.5.